The fraction of sp³-hybridized carbons (Fsp3) is 0.818. The molecule has 0 amide bonds. The number of aromatic nitrogens is 2. The van der Waals surface area contributed by atoms with E-state index in [9.17, 15) is 13.2 Å². The normalized spacial score (nSPS) is 23.4. The quantitative estimate of drug-likeness (QED) is 0.851. The zero-order valence-electron chi connectivity index (χ0n) is 10.9. The van der Waals surface area contributed by atoms with E-state index in [1.54, 1.807) is 0 Å². The van der Waals surface area contributed by atoms with Crippen LogP contribution in [-0.4, -0.2) is 48.7 Å². The predicted molar refractivity (Wildman–Crippen MR) is 61.0 cm³/mol. The molecule has 0 saturated carbocycles. The maximum absolute atomic E-state index is 11.9. The summed E-state index contributed by atoms with van der Waals surface area (Å²) in [7, 11) is 0. The molecular weight excluding hydrogens is 279 g/mol. The van der Waals surface area contributed by atoms with Gasteiger partial charge in [0, 0.05) is 6.04 Å². The number of nitrogens with zero attached hydrogens (tertiary/aromatic N) is 2. The van der Waals surface area contributed by atoms with Gasteiger partial charge in [-0.1, -0.05) is 12.1 Å². The number of likely N-dealkylation sites (N-methyl/N-ethyl adjacent to an activating group) is 1. The molecule has 0 aromatic carbocycles. The Kier molecular flexibility index (Phi) is 4.95. The van der Waals surface area contributed by atoms with Gasteiger partial charge in [-0.3, -0.25) is 0 Å². The molecule has 0 radical (unpaired) electrons. The molecule has 1 fully saturated rings. The van der Waals surface area contributed by atoms with Gasteiger partial charge in [0.05, 0.1) is 19.1 Å². The van der Waals surface area contributed by atoms with Gasteiger partial charge in [-0.05, 0) is 6.54 Å². The van der Waals surface area contributed by atoms with Gasteiger partial charge in [-0.25, -0.2) is 0 Å². The van der Waals surface area contributed by atoms with Gasteiger partial charge in [0.25, 0.3) is 0 Å². The molecule has 9 heteroatoms. The minimum Gasteiger partial charge on any atom is -0.379 e. The lowest BCUT2D eigenvalue weighted by molar-refractivity contribution is -0.177. The highest BCUT2D eigenvalue weighted by atomic mass is 19.4. The molecular formula is C11H16F3N3O3. The first-order valence-electron chi connectivity index (χ1n) is 6.27. The van der Waals surface area contributed by atoms with Crippen LogP contribution in [0.5, 0.6) is 0 Å². The van der Waals surface area contributed by atoms with E-state index < -0.39 is 12.8 Å². The summed E-state index contributed by atoms with van der Waals surface area (Å²) in [5.41, 5.74) is 0. The molecule has 2 unspecified atom stereocenters. The SMILES string of the molecule is CCNC1COCC1c1nc(COCC(F)(F)F)no1. The van der Waals surface area contributed by atoms with Crippen molar-refractivity contribution in [2.75, 3.05) is 26.4 Å². The van der Waals surface area contributed by atoms with Crippen molar-refractivity contribution in [1.29, 1.82) is 0 Å². The molecule has 1 aromatic heterocycles. The van der Waals surface area contributed by atoms with Crippen LogP contribution in [0.2, 0.25) is 0 Å². The zero-order chi connectivity index (χ0) is 14.6. The fourth-order valence-corrected chi connectivity index (χ4v) is 2.00. The summed E-state index contributed by atoms with van der Waals surface area (Å²) in [5.74, 6) is 0.379. The second-order valence-corrected chi connectivity index (χ2v) is 4.46. The van der Waals surface area contributed by atoms with E-state index in [0.29, 0.717) is 19.1 Å². The molecule has 1 aliphatic rings. The van der Waals surface area contributed by atoms with E-state index in [-0.39, 0.29) is 24.4 Å². The average Bonchev–Trinajstić information content (AvgIpc) is 2.96. The van der Waals surface area contributed by atoms with Gasteiger partial charge in [0.2, 0.25) is 5.89 Å². The summed E-state index contributed by atoms with van der Waals surface area (Å²) < 4.78 is 50.7. The molecule has 2 atom stereocenters. The molecule has 1 aliphatic heterocycles. The lowest BCUT2D eigenvalue weighted by Crippen LogP contribution is -2.34. The average molecular weight is 295 g/mol. The lowest BCUT2D eigenvalue weighted by atomic mass is 10.0. The summed E-state index contributed by atoms with van der Waals surface area (Å²) in [6, 6.07) is 0.0735. The minimum atomic E-state index is -4.36. The second kappa shape index (κ2) is 6.51. The molecule has 2 heterocycles. The van der Waals surface area contributed by atoms with Crippen molar-refractivity contribution in [3.8, 4) is 0 Å². The molecule has 20 heavy (non-hydrogen) atoms. The minimum absolute atomic E-state index is 0.0735. The summed E-state index contributed by atoms with van der Waals surface area (Å²) in [4.78, 5) is 4.05. The van der Waals surface area contributed by atoms with Crippen LogP contribution in [0.25, 0.3) is 0 Å². The summed E-state index contributed by atoms with van der Waals surface area (Å²) in [5, 5.41) is 6.85. The van der Waals surface area contributed by atoms with E-state index in [1.165, 1.54) is 0 Å². The Hall–Kier alpha value is -1.19. The molecule has 0 aliphatic carbocycles. The van der Waals surface area contributed by atoms with Crippen molar-refractivity contribution in [3.05, 3.63) is 11.7 Å². The third-order valence-electron chi connectivity index (χ3n) is 2.84. The van der Waals surface area contributed by atoms with Crippen molar-refractivity contribution < 1.29 is 27.2 Å². The Morgan fingerprint density at radius 3 is 2.90 bits per heavy atom. The first-order valence-corrected chi connectivity index (χ1v) is 6.27. The molecule has 1 saturated heterocycles. The van der Waals surface area contributed by atoms with Gasteiger partial charge in [0.15, 0.2) is 5.82 Å². The topological polar surface area (TPSA) is 69.4 Å². The third-order valence-corrected chi connectivity index (χ3v) is 2.84. The summed E-state index contributed by atoms with van der Waals surface area (Å²) in [6.07, 6.45) is -4.36. The molecule has 1 N–H and O–H groups in total. The van der Waals surface area contributed by atoms with Crippen LogP contribution in [-0.2, 0) is 16.1 Å². The van der Waals surface area contributed by atoms with E-state index in [1.807, 2.05) is 6.92 Å². The van der Waals surface area contributed by atoms with Crippen LogP contribution < -0.4 is 5.32 Å². The van der Waals surface area contributed by atoms with E-state index in [2.05, 4.69) is 20.2 Å². The molecule has 1 aromatic rings. The van der Waals surface area contributed by atoms with Crippen molar-refractivity contribution in [2.24, 2.45) is 0 Å². The van der Waals surface area contributed by atoms with Gasteiger partial charge >= 0.3 is 6.18 Å². The Bertz CT molecular complexity index is 425. The highest BCUT2D eigenvalue weighted by Gasteiger charge is 2.33. The maximum Gasteiger partial charge on any atom is 0.411 e. The largest absolute Gasteiger partial charge is 0.411 e. The monoisotopic (exact) mass is 295 g/mol. The van der Waals surface area contributed by atoms with E-state index >= 15 is 0 Å². The number of nitrogens with one attached hydrogen (secondary N) is 1. The number of hydrogen-bond acceptors (Lipinski definition) is 6. The fourth-order valence-electron chi connectivity index (χ4n) is 2.00. The lowest BCUT2D eigenvalue weighted by Gasteiger charge is -2.13. The van der Waals surface area contributed by atoms with E-state index in [0.717, 1.165) is 6.54 Å². The van der Waals surface area contributed by atoms with E-state index in [4.69, 9.17) is 9.26 Å². The van der Waals surface area contributed by atoms with Crippen LogP contribution in [0.1, 0.15) is 24.6 Å². The third kappa shape index (κ3) is 4.15. The van der Waals surface area contributed by atoms with Crippen LogP contribution in [0, 0.1) is 0 Å². The smallest absolute Gasteiger partial charge is 0.379 e. The van der Waals surface area contributed by atoms with Crippen LogP contribution >= 0.6 is 0 Å². The number of rotatable bonds is 6. The summed E-state index contributed by atoms with van der Waals surface area (Å²) in [6.45, 7) is 2.08. The van der Waals surface area contributed by atoms with Crippen molar-refractivity contribution in [2.45, 2.75) is 31.7 Å². The number of ether oxygens (including phenoxy) is 2. The van der Waals surface area contributed by atoms with Crippen molar-refractivity contribution in [3.63, 3.8) is 0 Å². The Morgan fingerprint density at radius 2 is 2.20 bits per heavy atom. The molecule has 0 spiro atoms. The number of alkyl halides is 3. The number of hydrogen-bond donors (Lipinski definition) is 1. The highest BCUT2D eigenvalue weighted by Crippen LogP contribution is 2.24. The van der Waals surface area contributed by atoms with Gasteiger partial charge < -0.3 is 19.3 Å². The highest BCUT2D eigenvalue weighted by molar-refractivity contribution is 5.02. The van der Waals surface area contributed by atoms with Gasteiger partial charge in [0.1, 0.15) is 13.2 Å². The Labute approximate surface area is 113 Å². The summed E-state index contributed by atoms with van der Waals surface area (Å²) >= 11 is 0. The van der Waals surface area contributed by atoms with Crippen LogP contribution in [0.4, 0.5) is 13.2 Å². The predicted octanol–water partition coefficient (Wildman–Crippen LogP) is 1.24. The molecule has 0 bridgehead atoms. The number of halogens is 3. The first kappa shape index (κ1) is 15.2. The standard InChI is InChI=1S/C11H16F3N3O3/c1-2-15-8-4-18-3-7(8)10-16-9(17-20-10)5-19-6-11(12,13)14/h7-8,15H,2-6H2,1H3. The van der Waals surface area contributed by atoms with Crippen LogP contribution in [0.3, 0.4) is 0 Å². The molecule has 6 nitrogen and oxygen atoms in total. The van der Waals surface area contributed by atoms with Crippen LogP contribution in [0.15, 0.2) is 4.52 Å². The van der Waals surface area contributed by atoms with Gasteiger partial charge in [-0.2, -0.15) is 18.2 Å². The Morgan fingerprint density at radius 1 is 1.40 bits per heavy atom. The maximum atomic E-state index is 11.9. The second-order valence-electron chi connectivity index (χ2n) is 4.46. The zero-order valence-corrected chi connectivity index (χ0v) is 10.9. The first-order chi connectivity index (χ1) is 9.49. The van der Waals surface area contributed by atoms with Crippen molar-refractivity contribution >= 4 is 0 Å². The molecule has 2 rings (SSSR count). The van der Waals surface area contributed by atoms with Gasteiger partial charge in [-0.15, -0.1) is 0 Å². The Balaban J connectivity index is 1.88. The molecule has 114 valence electrons. The van der Waals surface area contributed by atoms with Crippen molar-refractivity contribution in [1.82, 2.24) is 15.5 Å².